The molecule has 0 saturated carbocycles. The van der Waals surface area contributed by atoms with Crippen molar-refractivity contribution in [2.24, 2.45) is 11.1 Å². The third-order valence-electron chi connectivity index (χ3n) is 5.40. The molecule has 0 spiro atoms. The highest BCUT2D eigenvalue weighted by atomic mass is 19.1. The van der Waals surface area contributed by atoms with Gasteiger partial charge < -0.3 is 11.1 Å². The smallest absolute Gasteiger partial charge is 0.250 e. The molecule has 4 rings (SSSR count). The van der Waals surface area contributed by atoms with Gasteiger partial charge in [0.05, 0.1) is 11.1 Å². The summed E-state index contributed by atoms with van der Waals surface area (Å²) in [4.78, 5) is 24.6. The number of anilines is 1. The fourth-order valence-corrected chi connectivity index (χ4v) is 4.21. The van der Waals surface area contributed by atoms with E-state index >= 15 is 0 Å². The van der Waals surface area contributed by atoms with Crippen LogP contribution in [0.25, 0.3) is 22.0 Å². The molecule has 0 bridgehead atoms. The first-order valence-corrected chi connectivity index (χ1v) is 9.20. The molecule has 28 heavy (non-hydrogen) atoms. The Morgan fingerprint density at radius 1 is 1.18 bits per heavy atom. The molecule has 0 atom stereocenters. The van der Waals surface area contributed by atoms with E-state index in [4.69, 9.17) is 5.73 Å². The molecule has 0 fully saturated rings. The summed E-state index contributed by atoms with van der Waals surface area (Å²) in [7, 11) is 1.72. The number of carbonyl (C=O) groups is 2. The highest BCUT2D eigenvalue weighted by molar-refractivity contribution is 6.06. The minimum absolute atomic E-state index is 0.0318. The number of nitrogens with two attached hydrogens (primary N) is 1. The quantitative estimate of drug-likeness (QED) is 0.716. The van der Waals surface area contributed by atoms with E-state index in [1.54, 1.807) is 23.7 Å². The Hall–Kier alpha value is -3.15. The van der Waals surface area contributed by atoms with Gasteiger partial charge >= 0.3 is 0 Å². The highest BCUT2D eigenvalue weighted by Gasteiger charge is 2.35. The minimum Gasteiger partial charge on any atom is -0.387 e. The van der Waals surface area contributed by atoms with E-state index in [0.717, 1.165) is 22.2 Å². The van der Waals surface area contributed by atoms with Gasteiger partial charge in [0, 0.05) is 35.8 Å². The van der Waals surface area contributed by atoms with E-state index in [1.165, 1.54) is 12.1 Å². The van der Waals surface area contributed by atoms with Crippen molar-refractivity contribution >= 4 is 28.4 Å². The number of carbonyl (C=O) groups excluding carboxylic acids is 2. The van der Waals surface area contributed by atoms with Crippen LogP contribution in [0.2, 0.25) is 0 Å². The zero-order chi connectivity index (χ0) is 20.2. The largest absolute Gasteiger partial charge is 0.387 e. The van der Waals surface area contributed by atoms with Gasteiger partial charge in [-0.05, 0) is 47.7 Å². The van der Waals surface area contributed by atoms with Gasteiger partial charge in [0.1, 0.15) is 5.82 Å². The van der Waals surface area contributed by atoms with E-state index < -0.39 is 5.91 Å². The monoisotopic (exact) mass is 379 g/mol. The number of nitrogens with one attached hydrogen (secondary N) is 1. The molecule has 3 aromatic rings. The van der Waals surface area contributed by atoms with Gasteiger partial charge in [0.15, 0.2) is 0 Å². The molecule has 0 radical (unpaired) electrons. The summed E-state index contributed by atoms with van der Waals surface area (Å²) in [5.74, 6) is -0.925. The zero-order valence-electron chi connectivity index (χ0n) is 16.1. The molecular formula is C22H22FN3O2. The number of rotatable bonds is 3. The fourth-order valence-electron chi connectivity index (χ4n) is 4.21. The lowest BCUT2D eigenvalue weighted by Gasteiger charge is -2.30. The third kappa shape index (κ3) is 2.76. The molecule has 1 aliphatic heterocycles. The van der Waals surface area contributed by atoms with Gasteiger partial charge in [-0.2, -0.15) is 0 Å². The van der Waals surface area contributed by atoms with Crippen LogP contribution < -0.4 is 11.1 Å². The second-order valence-electron chi connectivity index (χ2n) is 8.10. The molecule has 144 valence electrons. The number of nitrogens with zero attached hydrogens (tertiary/aromatic N) is 1. The van der Waals surface area contributed by atoms with Crippen LogP contribution in [0.4, 0.5) is 10.1 Å². The second kappa shape index (κ2) is 6.19. The van der Waals surface area contributed by atoms with Crippen molar-refractivity contribution in [2.45, 2.75) is 26.7 Å². The van der Waals surface area contributed by atoms with Gasteiger partial charge in [-0.25, -0.2) is 4.39 Å². The van der Waals surface area contributed by atoms with Crippen LogP contribution in [0.1, 0.15) is 41.1 Å². The zero-order valence-corrected chi connectivity index (χ0v) is 16.1. The molecule has 5 nitrogen and oxygen atoms in total. The summed E-state index contributed by atoms with van der Waals surface area (Å²) < 4.78 is 15.6. The molecule has 2 heterocycles. The molecule has 1 amide bonds. The van der Waals surface area contributed by atoms with Crippen molar-refractivity contribution in [3.63, 3.8) is 0 Å². The summed E-state index contributed by atoms with van der Waals surface area (Å²) in [6, 6.07) is 9.89. The van der Waals surface area contributed by atoms with Crippen LogP contribution in [-0.4, -0.2) is 23.4 Å². The average molecular weight is 379 g/mol. The van der Waals surface area contributed by atoms with Crippen molar-refractivity contribution in [2.75, 3.05) is 12.4 Å². The Bertz CT molecular complexity index is 1140. The van der Waals surface area contributed by atoms with Crippen molar-refractivity contribution < 1.29 is 14.0 Å². The van der Waals surface area contributed by atoms with Crippen molar-refractivity contribution in [1.82, 2.24) is 4.57 Å². The van der Waals surface area contributed by atoms with E-state index in [1.807, 2.05) is 12.1 Å². The average Bonchev–Trinajstić information content (AvgIpc) is 2.92. The lowest BCUT2D eigenvalue weighted by molar-refractivity contribution is 0.0816. The number of benzene rings is 2. The first-order valence-electron chi connectivity index (χ1n) is 9.20. The van der Waals surface area contributed by atoms with Gasteiger partial charge in [0.2, 0.25) is 5.91 Å². The number of amides is 1. The number of aromatic nitrogens is 1. The molecule has 0 saturated heterocycles. The van der Waals surface area contributed by atoms with Crippen LogP contribution in [0, 0.1) is 11.2 Å². The standard InChI is InChI=1S/C22H22FN3O2/c1-22(2)10-18-20(12-4-6-14(21(24)28)16(8-12)25-3)15-7-5-13(23)9-17(15)26(18)19(27)11-22/h4-9,25H,10-11H2,1-3H3,(H2,24,28). The summed E-state index contributed by atoms with van der Waals surface area (Å²) in [6.07, 6.45) is 1.10. The lowest BCUT2D eigenvalue weighted by atomic mass is 9.80. The van der Waals surface area contributed by atoms with Crippen molar-refractivity contribution in [3.8, 4) is 11.1 Å². The van der Waals surface area contributed by atoms with Gasteiger partial charge in [-0.15, -0.1) is 0 Å². The van der Waals surface area contributed by atoms with Gasteiger partial charge in [0.25, 0.3) is 5.91 Å². The van der Waals surface area contributed by atoms with Crippen LogP contribution in [0.5, 0.6) is 0 Å². The molecule has 1 aromatic heterocycles. The predicted molar refractivity (Wildman–Crippen MR) is 108 cm³/mol. The Kier molecular flexibility index (Phi) is 4.03. The normalized spacial score (nSPS) is 15.5. The van der Waals surface area contributed by atoms with E-state index in [9.17, 15) is 14.0 Å². The van der Waals surface area contributed by atoms with Crippen molar-refractivity contribution in [3.05, 3.63) is 53.5 Å². The maximum Gasteiger partial charge on any atom is 0.250 e. The predicted octanol–water partition coefficient (Wildman–Crippen LogP) is 4.20. The number of primary amides is 1. The van der Waals surface area contributed by atoms with Gasteiger partial charge in [-0.1, -0.05) is 19.9 Å². The molecular weight excluding hydrogens is 357 g/mol. The lowest BCUT2D eigenvalue weighted by Crippen LogP contribution is -2.31. The maximum atomic E-state index is 14.0. The van der Waals surface area contributed by atoms with Crippen LogP contribution >= 0.6 is 0 Å². The maximum absolute atomic E-state index is 14.0. The Labute approximate surface area is 162 Å². The number of halogens is 1. The topological polar surface area (TPSA) is 77.1 Å². The Morgan fingerprint density at radius 2 is 1.93 bits per heavy atom. The second-order valence-corrected chi connectivity index (χ2v) is 8.10. The molecule has 2 aromatic carbocycles. The molecule has 0 aliphatic carbocycles. The third-order valence-corrected chi connectivity index (χ3v) is 5.40. The van der Waals surface area contributed by atoms with Crippen LogP contribution in [0.15, 0.2) is 36.4 Å². The van der Waals surface area contributed by atoms with E-state index in [-0.39, 0.29) is 17.1 Å². The number of hydrogen-bond donors (Lipinski definition) is 2. The van der Waals surface area contributed by atoms with Crippen molar-refractivity contribution in [1.29, 1.82) is 0 Å². The summed E-state index contributed by atoms with van der Waals surface area (Å²) >= 11 is 0. The van der Waals surface area contributed by atoms with Crippen LogP contribution in [-0.2, 0) is 6.42 Å². The van der Waals surface area contributed by atoms with E-state index in [2.05, 4.69) is 19.2 Å². The first-order chi connectivity index (χ1) is 13.2. The summed E-state index contributed by atoms with van der Waals surface area (Å²) in [5.41, 5.74) is 9.48. The minimum atomic E-state index is -0.516. The van der Waals surface area contributed by atoms with Gasteiger partial charge in [-0.3, -0.25) is 14.2 Å². The Balaban J connectivity index is 2.05. The SMILES string of the molecule is CNc1cc(-c2c3n(c4cc(F)ccc24)C(=O)CC(C)(C)C3)ccc1C(N)=O. The summed E-state index contributed by atoms with van der Waals surface area (Å²) in [6.45, 7) is 4.12. The molecule has 6 heteroatoms. The fraction of sp³-hybridized carbons (Fsp3) is 0.273. The Morgan fingerprint density at radius 3 is 2.61 bits per heavy atom. The molecule has 0 unspecified atom stereocenters. The number of hydrogen-bond acceptors (Lipinski definition) is 3. The molecule has 3 N–H and O–H groups in total. The summed E-state index contributed by atoms with van der Waals surface area (Å²) in [5, 5.41) is 3.82. The molecule has 1 aliphatic rings. The van der Waals surface area contributed by atoms with Crippen LogP contribution in [0.3, 0.4) is 0 Å². The van der Waals surface area contributed by atoms with E-state index in [0.29, 0.717) is 29.6 Å². The number of fused-ring (bicyclic) bond motifs is 3. The first kappa shape index (κ1) is 18.2. The highest BCUT2D eigenvalue weighted by Crippen LogP contribution is 2.43.